The van der Waals surface area contributed by atoms with Crippen molar-refractivity contribution in [3.8, 4) is 11.5 Å². The minimum atomic E-state index is 0.217. The van der Waals surface area contributed by atoms with Gasteiger partial charge < -0.3 is 15.2 Å². The van der Waals surface area contributed by atoms with E-state index in [4.69, 9.17) is 15.2 Å². The Labute approximate surface area is 104 Å². The molecule has 1 rings (SSSR count). The molecule has 96 valence electrons. The first kappa shape index (κ1) is 13.8. The number of nitrogens with two attached hydrogens (primary N) is 1. The Balaban J connectivity index is 2.77. The molecule has 1 aromatic carbocycles. The summed E-state index contributed by atoms with van der Waals surface area (Å²) in [6, 6.07) is 6.01. The van der Waals surface area contributed by atoms with Gasteiger partial charge in [-0.2, -0.15) is 0 Å². The van der Waals surface area contributed by atoms with Gasteiger partial charge in [-0.25, -0.2) is 0 Å². The molecule has 0 fully saturated rings. The fourth-order valence-electron chi connectivity index (χ4n) is 1.81. The predicted octanol–water partition coefficient (Wildman–Crippen LogP) is 2.76. The van der Waals surface area contributed by atoms with E-state index in [9.17, 15) is 0 Å². The van der Waals surface area contributed by atoms with E-state index in [0.29, 0.717) is 6.54 Å². The van der Waals surface area contributed by atoms with Crippen molar-refractivity contribution < 1.29 is 9.47 Å². The lowest BCUT2D eigenvalue weighted by Crippen LogP contribution is -2.12. The van der Waals surface area contributed by atoms with E-state index in [-0.39, 0.29) is 6.10 Å². The third-order valence-electron chi connectivity index (χ3n) is 2.68. The molecular weight excluding hydrogens is 214 g/mol. The maximum atomic E-state index is 5.85. The smallest absolute Gasteiger partial charge is 0.161 e. The highest BCUT2D eigenvalue weighted by atomic mass is 16.5. The van der Waals surface area contributed by atoms with Crippen LogP contribution in [0, 0.1) is 0 Å². The van der Waals surface area contributed by atoms with E-state index in [1.807, 2.05) is 18.2 Å². The van der Waals surface area contributed by atoms with Gasteiger partial charge in [0.05, 0.1) is 13.2 Å². The first-order chi connectivity index (χ1) is 8.21. The molecule has 1 atom stereocenters. The van der Waals surface area contributed by atoms with Crippen LogP contribution in [0.2, 0.25) is 0 Å². The summed E-state index contributed by atoms with van der Waals surface area (Å²) >= 11 is 0. The first-order valence-corrected chi connectivity index (χ1v) is 6.24. The van der Waals surface area contributed by atoms with Crippen molar-refractivity contribution in [2.24, 2.45) is 5.73 Å². The van der Waals surface area contributed by atoms with Gasteiger partial charge in [0.2, 0.25) is 0 Å². The second-order valence-corrected chi connectivity index (χ2v) is 4.24. The third kappa shape index (κ3) is 4.27. The number of benzene rings is 1. The van der Waals surface area contributed by atoms with Gasteiger partial charge in [0.1, 0.15) is 0 Å². The molecule has 0 aliphatic carbocycles. The number of hydrogen-bond acceptors (Lipinski definition) is 3. The zero-order chi connectivity index (χ0) is 12.7. The van der Waals surface area contributed by atoms with Gasteiger partial charge in [0, 0.05) is 0 Å². The quantitative estimate of drug-likeness (QED) is 0.793. The normalized spacial score (nSPS) is 12.2. The predicted molar refractivity (Wildman–Crippen MR) is 70.8 cm³/mol. The Morgan fingerprint density at radius 2 is 2.06 bits per heavy atom. The molecule has 0 aromatic heterocycles. The summed E-state index contributed by atoms with van der Waals surface area (Å²) in [6.07, 6.45) is 3.25. The molecule has 2 N–H and O–H groups in total. The van der Waals surface area contributed by atoms with Crippen LogP contribution in [0.5, 0.6) is 11.5 Å². The molecule has 0 spiro atoms. The lowest BCUT2D eigenvalue weighted by molar-refractivity contribution is 0.201. The Kier molecular flexibility index (Phi) is 5.84. The summed E-state index contributed by atoms with van der Waals surface area (Å²) in [7, 11) is 1.67. The minimum absolute atomic E-state index is 0.217. The standard InChI is InChI=1S/C14H23NO2/c1-4-5-11(2)17-13-7-6-12(8-9-15)10-14(13)16-3/h6-7,10-11H,4-5,8-9,15H2,1-3H3. The van der Waals surface area contributed by atoms with Crippen molar-refractivity contribution in [3.63, 3.8) is 0 Å². The Hall–Kier alpha value is -1.22. The summed E-state index contributed by atoms with van der Waals surface area (Å²) in [5.41, 5.74) is 6.72. The highest BCUT2D eigenvalue weighted by Gasteiger charge is 2.09. The zero-order valence-electron chi connectivity index (χ0n) is 11.0. The molecule has 3 nitrogen and oxygen atoms in total. The molecule has 0 aliphatic heterocycles. The number of methoxy groups -OCH3 is 1. The molecule has 3 heteroatoms. The Bertz CT molecular complexity index is 339. The van der Waals surface area contributed by atoms with Crippen LogP contribution in [-0.2, 0) is 6.42 Å². The molecular formula is C14H23NO2. The Morgan fingerprint density at radius 3 is 2.65 bits per heavy atom. The van der Waals surface area contributed by atoms with Crippen LogP contribution in [0.25, 0.3) is 0 Å². The number of hydrogen-bond donors (Lipinski definition) is 1. The molecule has 0 bridgehead atoms. The summed E-state index contributed by atoms with van der Waals surface area (Å²) in [6.45, 7) is 4.88. The average Bonchev–Trinajstić information content (AvgIpc) is 2.31. The lowest BCUT2D eigenvalue weighted by Gasteiger charge is -2.17. The molecule has 1 aromatic rings. The second-order valence-electron chi connectivity index (χ2n) is 4.24. The van der Waals surface area contributed by atoms with E-state index < -0.39 is 0 Å². The molecule has 0 saturated carbocycles. The fraction of sp³-hybridized carbons (Fsp3) is 0.571. The van der Waals surface area contributed by atoms with Crippen LogP contribution in [0.4, 0.5) is 0 Å². The summed E-state index contributed by atoms with van der Waals surface area (Å²) in [4.78, 5) is 0. The topological polar surface area (TPSA) is 44.5 Å². The van der Waals surface area contributed by atoms with Crippen molar-refractivity contribution in [1.82, 2.24) is 0 Å². The maximum Gasteiger partial charge on any atom is 0.161 e. The van der Waals surface area contributed by atoms with Crippen LogP contribution in [0.15, 0.2) is 18.2 Å². The fourth-order valence-corrected chi connectivity index (χ4v) is 1.81. The summed E-state index contributed by atoms with van der Waals surface area (Å²) in [5.74, 6) is 1.60. The monoisotopic (exact) mass is 237 g/mol. The summed E-state index contributed by atoms with van der Waals surface area (Å²) < 4.78 is 11.2. The molecule has 0 amide bonds. The van der Waals surface area contributed by atoms with Gasteiger partial charge in [-0.05, 0) is 44.0 Å². The Morgan fingerprint density at radius 1 is 1.29 bits per heavy atom. The van der Waals surface area contributed by atoms with Crippen LogP contribution in [0.3, 0.4) is 0 Å². The van der Waals surface area contributed by atoms with Gasteiger partial charge >= 0.3 is 0 Å². The van der Waals surface area contributed by atoms with E-state index in [1.165, 1.54) is 5.56 Å². The zero-order valence-corrected chi connectivity index (χ0v) is 11.0. The van der Waals surface area contributed by atoms with E-state index in [0.717, 1.165) is 30.8 Å². The number of rotatable bonds is 7. The van der Waals surface area contributed by atoms with Crippen LogP contribution in [-0.4, -0.2) is 19.8 Å². The van der Waals surface area contributed by atoms with Crippen molar-refractivity contribution in [3.05, 3.63) is 23.8 Å². The van der Waals surface area contributed by atoms with Gasteiger partial charge in [0.15, 0.2) is 11.5 Å². The summed E-state index contributed by atoms with van der Waals surface area (Å²) in [5, 5.41) is 0. The third-order valence-corrected chi connectivity index (χ3v) is 2.68. The van der Waals surface area contributed by atoms with Gasteiger partial charge in [-0.1, -0.05) is 19.4 Å². The molecule has 0 aliphatic rings. The highest BCUT2D eigenvalue weighted by molar-refractivity contribution is 5.43. The van der Waals surface area contributed by atoms with Gasteiger partial charge in [-0.15, -0.1) is 0 Å². The van der Waals surface area contributed by atoms with E-state index >= 15 is 0 Å². The van der Waals surface area contributed by atoms with Crippen molar-refractivity contribution in [2.45, 2.75) is 39.2 Å². The second kappa shape index (κ2) is 7.17. The number of ether oxygens (including phenoxy) is 2. The highest BCUT2D eigenvalue weighted by Crippen LogP contribution is 2.29. The van der Waals surface area contributed by atoms with E-state index in [2.05, 4.69) is 13.8 Å². The SMILES string of the molecule is CCCC(C)Oc1ccc(CCN)cc1OC. The van der Waals surface area contributed by atoms with E-state index in [1.54, 1.807) is 7.11 Å². The first-order valence-electron chi connectivity index (χ1n) is 6.24. The van der Waals surface area contributed by atoms with Crippen LogP contribution < -0.4 is 15.2 Å². The molecule has 1 unspecified atom stereocenters. The largest absolute Gasteiger partial charge is 0.493 e. The van der Waals surface area contributed by atoms with Crippen LogP contribution in [0.1, 0.15) is 32.3 Å². The minimum Gasteiger partial charge on any atom is -0.493 e. The van der Waals surface area contributed by atoms with Crippen molar-refractivity contribution in [2.75, 3.05) is 13.7 Å². The maximum absolute atomic E-state index is 5.85. The van der Waals surface area contributed by atoms with Crippen LogP contribution >= 0.6 is 0 Å². The molecule has 17 heavy (non-hydrogen) atoms. The van der Waals surface area contributed by atoms with Gasteiger partial charge in [0.25, 0.3) is 0 Å². The van der Waals surface area contributed by atoms with Gasteiger partial charge in [-0.3, -0.25) is 0 Å². The van der Waals surface area contributed by atoms with Crippen molar-refractivity contribution >= 4 is 0 Å². The molecule has 0 radical (unpaired) electrons. The molecule has 0 saturated heterocycles. The average molecular weight is 237 g/mol. The van der Waals surface area contributed by atoms with Crippen molar-refractivity contribution in [1.29, 1.82) is 0 Å². The lowest BCUT2D eigenvalue weighted by atomic mass is 10.1. The molecule has 0 heterocycles.